The van der Waals surface area contributed by atoms with Gasteiger partial charge in [0.2, 0.25) is 5.91 Å². The molecule has 0 bridgehead atoms. The molecule has 0 N–H and O–H groups in total. The van der Waals surface area contributed by atoms with Crippen molar-refractivity contribution >= 4 is 44.8 Å². The fourth-order valence-corrected chi connectivity index (χ4v) is 4.83. The summed E-state index contributed by atoms with van der Waals surface area (Å²) < 4.78 is 29.1. The van der Waals surface area contributed by atoms with Crippen LogP contribution in [0.25, 0.3) is 11.1 Å². The molecule has 3 aromatic carbocycles. The number of para-hydroxylation sites is 1. The third-order valence-electron chi connectivity index (χ3n) is 5.62. The van der Waals surface area contributed by atoms with E-state index in [2.05, 4.69) is 0 Å². The van der Waals surface area contributed by atoms with Gasteiger partial charge in [-0.2, -0.15) is 0 Å². The first-order valence-electron chi connectivity index (χ1n) is 10.5. The van der Waals surface area contributed by atoms with E-state index in [0.29, 0.717) is 16.4 Å². The predicted molar refractivity (Wildman–Crippen MR) is 132 cm³/mol. The topological polar surface area (TPSA) is 84.0 Å². The van der Waals surface area contributed by atoms with Gasteiger partial charge in [0, 0.05) is 19.7 Å². The van der Waals surface area contributed by atoms with Crippen LogP contribution in [0.1, 0.15) is 13.8 Å². The molecule has 34 heavy (non-hydrogen) atoms. The van der Waals surface area contributed by atoms with E-state index in [4.69, 9.17) is 16.3 Å². The fourth-order valence-electron chi connectivity index (χ4n) is 4.03. The molecule has 0 aliphatic carbocycles. The zero-order valence-corrected chi connectivity index (χ0v) is 20.4. The summed E-state index contributed by atoms with van der Waals surface area (Å²) in [6.07, 6.45) is 0.537. The van der Waals surface area contributed by atoms with E-state index in [1.165, 1.54) is 24.0 Å². The Labute approximate surface area is 203 Å². The smallest absolute Gasteiger partial charge is 0.408 e. The Kier molecular flexibility index (Phi) is 6.38. The summed E-state index contributed by atoms with van der Waals surface area (Å²) in [6, 6.07) is 18.3. The summed E-state index contributed by atoms with van der Waals surface area (Å²) >= 11 is 6.16. The van der Waals surface area contributed by atoms with Crippen molar-refractivity contribution in [3.63, 3.8) is 0 Å². The van der Waals surface area contributed by atoms with Crippen molar-refractivity contribution in [3.8, 4) is 16.9 Å². The summed E-state index contributed by atoms with van der Waals surface area (Å²) in [7, 11) is -3.32. The number of ether oxygens (including phenoxy) is 1. The standard InChI is InChI=1S/C25H23ClN2O5S/c1-16-15-27(25(30)33-24-7-5-4-6-21(24)26)23-14-19(10-13-22(23)28(16)17(2)29)18-8-11-20(12-9-18)34(3,31)32/h4-14,16H,15H2,1-3H3/t16-/m0/s1. The molecule has 176 valence electrons. The van der Waals surface area contributed by atoms with Gasteiger partial charge in [-0.1, -0.05) is 41.9 Å². The Bertz CT molecular complexity index is 1370. The molecule has 3 aromatic rings. The molecule has 9 heteroatoms. The van der Waals surface area contributed by atoms with Gasteiger partial charge in [-0.15, -0.1) is 0 Å². The number of amides is 2. The summed E-state index contributed by atoms with van der Waals surface area (Å²) in [4.78, 5) is 28.9. The number of fused-ring (bicyclic) bond motifs is 1. The zero-order chi connectivity index (χ0) is 24.6. The van der Waals surface area contributed by atoms with E-state index in [0.717, 1.165) is 17.4 Å². The first kappa shape index (κ1) is 23.8. The van der Waals surface area contributed by atoms with E-state index in [-0.39, 0.29) is 29.1 Å². The number of hydrogen-bond donors (Lipinski definition) is 0. The maximum absolute atomic E-state index is 13.2. The number of rotatable bonds is 3. The number of halogens is 1. The monoisotopic (exact) mass is 498 g/mol. The first-order chi connectivity index (χ1) is 16.1. The third-order valence-corrected chi connectivity index (χ3v) is 7.06. The van der Waals surface area contributed by atoms with Gasteiger partial charge in [0.25, 0.3) is 0 Å². The second kappa shape index (κ2) is 9.12. The average Bonchev–Trinajstić information content (AvgIpc) is 2.79. The summed E-state index contributed by atoms with van der Waals surface area (Å²) in [5.41, 5.74) is 2.61. The lowest BCUT2D eigenvalue weighted by Gasteiger charge is -2.40. The molecular weight excluding hydrogens is 476 g/mol. The lowest BCUT2D eigenvalue weighted by Crippen LogP contribution is -2.52. The van der Waals surface area contributed by atoms with Gasteiger partial charge in [-0.3, -0.25) is 9.69 Å². The molecule has 0 saturated carbocycles. The normalized spacial score (nSPS) is 15.6. The highest BCUT2D eigenvalue weighted by Gasteiger charge is 2.35. The molecule has 0 radical (unpaired) electrons. The minimum Gasteiger partial charge on any atom is -0.408 e. The summed E-state index contributed by atoms with van der Waals surface area (Å²) in [5.74, 6) is 0.100. The second-order valence-corrected chi connectivity index (χ2v) is 10.6. The quantitative estimate of drug-likeness (QED) is 0.497. The fraction of sp³-hybridized carbons (Fsp3) is 0.200. The van der Waals surface area contributed by atoms with Crippen LogP contribution in [-0.2, 0) is 14.6 Å². The summed E-state index contributed by atoms with van der Waals surface area (Å²) in [5, 5.41) is 0.311. The van der Waals surface area contributed by atoms with Crippen LogP contribution in [0.15, 0.2) is 71.6 Å². The van der Waals surface area contributed by atoms with Crippen LogP contribution in [0.2, 0.25) is 5.02 Å². The van der Waals surface area contributed by atoms with Gasteiger partial charge >= 0.3 is 6.09 Å². The van der Waals surface area contributed by atoms with Crippen molar-refractivity contribution in [2.45, 2.75) is 24.8 Å². The highest BCUT2D eigenvalue weighted by molar-refractivity contribution is 7.90. The maximum atomic E-state index is 13.2. The molecule has 0 unspecified atom stereocenters. The number of carbonyl (C=O) groups excluding carboxylic acids is 2. The number of sulfone groups is 1. The molecule has 4 rings (SSSR count). The van der Waals surface area contributed by atoms with Gasteiger partial charge in [-0.05, 0) is 54.4 Å². The largest absolute Gasteiger partial charge is 0.419 e. The highest BCUT2D eigenvalue weighted by atomic mass is 35.5. The lowest BCUT2D eigenvalue weighted by atomic mass is 10.0. The van der Waals surface area contributed by atoms with Gasteiger partial charge in [0.05, 0.1) is 27.3 Å². The van der Waals surface area contributed by atoms with Gasteiger partial charge in [0.15, 0.2) is 15.6 Å². The molecule has 0 spiro atoms. The minimum absolute atomic E-state index is 0.141. The first-order valence-corrected chi connectivity index (χ1v) is 12.8. The van der Waals surface area contributed by atoms with Crippen LogP contribution in [0.5, 0.6) is 5.75 Å². The third kappa shape index (κ3) is 4.64. The second-order valence-electron chi connectivity index (χ2n) is 8.15. The summed E-state index contributed by atoms with van der Waals surface area (Å²) in [6.45, 7) is 3.57. The van der Waals surface area contributed by atoms with Gasteiger partial charge in [-0.25, -0.2) is 13.2 Å². The number of carbonyl (C=O) groups is 2. The van der Waals surface area contributed by atoms with Crippen LogP contribution in [0.3, 0.4) is 0 Å². The van der Waals surface area contributed by atoms with Gasteiger partial charge in [0.1, 0.15) is 0 Å². The van der Waals surface area contributed by atoms with Crippen molar-refractivity contribution in [1.29, 1.82) is 0 Å². The molecule has 1 aliphatic rings. The van der Waals surface area contributed by atoms with E-state index in [9.17, 15) is 18.0 Å². The van der Waals surface area contributed by atoms with Gasteiger partial charge < -0.3 is 9.64 Å². The molecule has 1 heterocycles. The number of nitrogens with zero attached hydrogens (tertiary/aromatic N) is 2. The predicted octanol–water partition coefficient (Wildman–Crippen LogP) is 5.17. The van der Waals surface area contributed by atoms with E-state index < -0.39 is 15.9 Å². The molecular formula is C25H23ClN2O5S. The molecule has 7 nitrogen and oxygen atoms in total. The highest BCUT2D eigenvalue weighted by Crippen LogP contribution is 2.39. The maximum Gasteiger partial charge on any atom is 0.419 e. The van der Waals surface area contributed by atoms with E-state index >= 15 is 0 Å². The Morgan fingerprint density at radius 1 is 0.971 bits per heavy atom. The number of benzene rings is 3. The van der Waals surface area contributed by atoms with E-state index in [1.807, 2.05) is 13.0 Å². The van der Waals surface area contributed by atoms with Crippen molar-refractivity contribution < 1.29 is 22.7 Å². The zero-order valence-electron chi connectivity index (χ0n) is 18.9. The molecule has 0 aromatic heterocycles. The van der Waals surface area contributed by atoms with Crippen LogP contribution in [-0.4, -0.2) is 39.3 Å². The molecule has 2 amide bonds. The van der Waals surface area contributed by atoms with Crippen LogP contribution in [0, 0.1) is 0 Å². The average molecular weight is 499 g/mol. The Morgan fingerprint density at radius 3 is 2.24 bits per heavy atom. The molecule has 1 aliphatic heterocycles. The number of anilines is 2. The minimum atomic E-state index is -3.32. The van der Waals surface area contributed by atoms with Crippen molar-refractivity contribution in [2.75, 3.05) is 22.6 Å². The SMILES string of the molecule is CC(=O)N1c2ccc(-c3ccc(S(C)(=O)=O)cc3)cc2N(C(=O)Oc2ccccc2Cl)C[C@@H]1C. The molecule has 0 saturated heterocycles. The molecule has 0 fully saturated rings. The Balaban J connectivity index is 1.76. The van der Waals surface area contributed by atoms with Crippen LogP contribution >= 0.6 is 11.6 Å². The number of hydrogen-bond acceptors (Lipinski definition) is 5. The van der Waals surface area contributed by atoms with Crippen molar-refractivity contribution in [1.82, 2.24) is 0 Å². The Morgan fingerprint density at radius 2 is 1.62 bits per heavy atom. The van der Waals surface area contributed by atoms with Crippen molar-refractivity contribution in [3.05, 3.63) is 71.8 Å². The Hall–Kier alpha value is -3.36. The van der Waals surface area contributed by atoms with Crippen molar-refractivity contribution in [2.24, 2.45) is 0 Å². The van der Waals surface area contributed by atoms with Crippen LogP contribution < -0.4 is 14.5 Å². The van der Waals surface area contributed by atoms with E-state index in [1.54, 1.807) is 53.4 Å². The molecule has 1 atom stereocenters. The lowest BCUT2D eigenvalue weighted by molar-refractivity contribution is -0.117. The van der Waals surface area contributed by atoms with Crippen LogP contribution in [0.4, 0.5) is 16.2 Å².